The summed E-state index contributed by atoms with van der Waals surface area (Å²) >= 11 is 0.913. The van der Waals surface area contributed by atoms with E-state index in [0.717, 1.165) is 24.2 Å². The number of carboxylic acids is 1. The lowest BCUT2D eigenvalue weighted by Gasteiger charge is -2.21. The molecule has 1 aromatic rings. The molecular formula is C12H19NO4S2. The molecular weight excluding hydrogens is 286 g/mol. The van der Waals surface area contributed by atoms with E-state index in [1.54, 1.807) is 0 Å². The van der Waals surface area contributed by atoms with Crippen molar-refractivity contribution in [2.45, 2.75) is 44.6 Å². The molecule has 19 heavy (non-hydrogen) atoms. The van der Waals surface area contributed by atoms with Crippen molar-refractivity contribution in [2.24, 2.45) is 5.92 Å². The summed E-state index contributed by atoms with van der Waals surface area (Å²) in [6.07, 6.45) is 1.79. The summed E-state index contributed by atoms with van der Waals surface area (Å²) in [6.45, 7) is 5.87. The fraction of sp³-hybridized carbons (Fsp3) is 0.583. The van der Waals surface area contributed by atoms with Crippen molar-refractivity contribution in [2.75, 3.05) is 0 Å². The Bertz CT molecular complexity index is 532. The van der Waals surface area contributed by atoms with E-state index in [4.69, 9.17) is 5.11 Å². The predicted molar refractivity (Wildman–Crippen MR) is 75.1 cm³/mol. The highest BCUT2D eigenvalue weighted by molar-refractivity contribution is 7.89. The van der Waals surface area contributed by atoms with Crippen molar-refractivity contribution < 1.29 is 18.3 Å². The van der Waals surface area contributed by atoms with Gasteiger partial charge in [-0.3, -0.25) is 0 Å². The molecule has 1 aromatic heterocycles. The van der Waals surface area contributed by atoms with E-state index in [-0.39, 0.29) is 21.7 Å². The Hall–Kier alpha value is -0.920. The summed E-state index contributed by atoms with van der Waals surface area (Å²) in [7, 11) is -3.64. The molecule has 1 atom stereocenters. The maximum absolute atomic E-state index is 12.1. The van der Waals surface area contributed by atoms with E-state index in [2.05, 4.69) is 4.72 Å². The van der Waals surface area contributed by atoms with Gasteiger partial charge in [-0.2, -0.15) is 0 Å². The number of carbonyl (C=O) groups is 1. The highest BCUT2D eigenvalue weighted by atomic mass is 32.2. The van der Waals surface area contributed by atoms with Gasteiger partial charge in [-0.25, -0.2) is 17.9 Å². The van der Waals surface area contributed by atoms with Crippen molar-refractivity contribution in [3.63, 3.8) is 0 Å². The topological polar surface area (TPSA) is 83.5 Å². The molecule has 0 aliphatic carbocycles. The Kier molecular flexibility index (Phi) is 5.51. The number of hydrogen-bond donors (Lipinski definition) is 2. The molecule has 0 saturated carbocycles. The fourth-order valence-electron chi connectivity index (χ4n) is 1.98. The van der Waals surface area contributed by atoms with Gasteiger partial charge in [-0.15, -0.1) is 11.3 Å². The third-order valence-electron chi connectivity index (χ3n) is 3.19. The number of hydrogen-bond acceptors (Lipinski definition) is 4. The number of nitrogens with one attached hydrogen (secondary N) is 1. The predicted octanol–water partition coefficient (Wildman–Crippen LogP) is 2.55. The molecule has 0 amide bonds. The average Bonchev–Trinajstić information content (AvgIpc) is 2.79. The van der Waals surface area contributed by atoms with Gasteiger partial charge in [-0.05, 0) is 18.9 Å². The van der Waals surface area contributed by atoms with Gasteiger partial charge in [0, 0.05) is 11.4 Å². The largest absolute Gasteiger partial charge is 0.477 e. The molecule has 1 rings (SSSR count). The smallest absolute Gasteiger partial charge is 0.345 e. The van der Waals surface area contributed by atoms with Crippen LogP contribution in [0.1, 0.15) is 43.3 Å². The van der Waals surface area contributed by atoms with Crippen LogP contribution in [0.5, 0.6) is 0 Å². The number of sulfonamides is 1. The van der Waals surface area contributed by atoms with Crippen molar-refractivity contribution >= 4 is 27.3 Å². The van der Waals surface area contributed by atoms with Gasteiger partial charge in [0.25, 0.3) is 0 Å². The van der Waals surface area contributed by atoms with Crippen LogP contribution in [-0.2, 0) is 10.0 Å². The van der Waals surface area contributed by atoms with Crippen LogP contribution in [0, 0.1) is 5.92 Å². The Morgan fingerprint density at radius 2 is 2.00 bits per heavy atom. The third-order valence-corrected chi connectivity index (χ3v) is 5.80. The van der Waals surface area contributed by atoms with Crippen LogP contribution in [0.15, 0.2) is 16.3 Å². The Morgan fingerprint density at radius 3 is 2.42 bits per heavy atom. The van der Waals surface area contributed by atoms with E-state index >= 15 is 0 Å². The monoisotopic (exact) mass is 305 g/mol. The molecule has 108 valence electrons. The maximum atomic E-state index is 12.1. The lowest BCUT2D eigenvalue weighted by Crippen LogP contribution is -2.37. The zero-order chi connectivity index (χ0) is 14.6. The van der Waals surface area contributed by atoms with E-state index < -0.39 is 16.0 Å². The summed E-state index contributed by atoms with van der Waals surface area (Å²) in [5, 5.41) is 10.2. The van der Waals surface area contributed by atoms with Crippen LogP contribution in [0.2, 0.25) is 0 Å². The summed E-state index contributed by atoms with van der Waals surface area (Å²) in [6, 6.07) is 1.02. The molecule has 2 N–H and O–H groups in total. The lowest BCUT2D eigenvalue weighted by atomic mass is 9.96. The molecule has 1 heterocycles. The molecule has 1 unspecified atom stereocenters. The minimum Gasteiger partial charge on any atom is -0.477 e. The van der Waals surface area contributed by atoms with Gasteiger partial charge in [0.1, 0.15) is 4.88 Å². The van der Waals surface area contributed by atoms with Crippen LogP contribution in [0.3, 0.4) is 0 Å². The van der Waals surface area contributed by atoms with Crippen LogP contribution < -0.4 is 4.72 Å². The minimum absolute atomic E-state index is 0.0210. The number of aromatic carboxylic acids is 1. The first kappa shape index (κ1) is 16.1. The first-order valence-corrected chi connectivity index (χ1v) is 8.52. The van der Waals surface area contributed by atoms with Gasteiger partial charge in [-0.1, -0.05) is 26.7 Å². The second-order valence-corrected chi connectivity index (χ2v) is 7.06. The Balaban J connectivity index is 2.88. The summed E-state index contributed by atoms with van der Waals surface area (Å²) in [5.41, 5.74) is 0. The normalized spacial score (nSPS) is 13.7. The number of carboxylic acid groups (broad SMARTS) is 1. The fourth-order valence-corrected chi connectivity index (χ4v) is 4.40. The first-order valence-electron chi connectivity index (χ1n) is 6.16. The zero-order valence-electron chi connectivity index (χ0n) is 11.2. The van der Waals surface area contributed by atoms with Crippen LogP contribution in [0.4, 0.5) is 0 Å². The molecule has 0 aromatic carbocycles. The van der Waals surface area contributed by atoms with Crippen molar-refractivity contribution in [3.05, 3.63) is 16.3 Å². The third kappa shape index (κ3) is 4.02. The van der Waals surface area contributed by atoms with Gasteiger partial charge in [0.05, 0.1) is 4.90 Å². The Labute approximate surface area is 117 Å². The molecule has 0 spiro atoms. The highest BCUT2D eigenvalue weighted by Crippen LogP contribution is 2.21. The van der Waals surface area contributed by atoms with Crippen LogP contribution >= 0.6 is 11.3 Å². The molecule has 7 heteroatoms. The molecule has 0 bridgehead atoms. The van der Waals surface area contributed by atoms with E-state index in [1.165, 1.54) is 11.4 Å². The minimum atomic E-state index is -3.64. The molecule has 5 nitrogen and oxygen atoms in total. The van der Waals surface area contributed by atoms with Crippen molar-refractivity contribution in [1.82, 2.24) is 4.72 Å². The molecule has 0 saturated heterocycles. The quantitative estimate of drug-likeness (QED) is 0.811. The van der Waals surface area contributed by atoms with Gasteiger partial charge >= 0.3 is 5.97 Å². The van der Waals surface area contributed by atoms with Crippen molar-refractivity contribution in [1.29, 1.82) is 0 Å². The Morgan fingerprint density at radius 1 is 1.42 bits per heavy atom. The average molecular weight is 305 g/mol. The summed E-state index contributed by atoms with van der Waals surface area (Å²) < 4.78 is 26.8. The molecule has 0 fully saturated rings. The number of rotatable bonds is 7. The van der Waals surface area contributed by atoms with E-state index in [1.807, 2.05) is 20.8 Å². The SMILES string of the molecule is CCC(CC)C(C)NS(=O)(=O)c1csc(C(=O)O)c1. The van der Waals surface area contributed by atoms with Crippen molar-refractivity contribution in [3.8, 4) is 0 Å². The molecule has 0 radical (unpaired) electrons. The zero-order valence-corrected chi connectivity index (χ0v) is 12.8. The van der Waals surface area contributed by atoms with Gasteiger partial charge in [0.15, 0.2) is 0 Å². The number of thiophene rings is 1. The second-order valence-electron chi connectivity index (χ2n) is 4.44. The summed E-state index contributed by atoms with van der Waals surface area (Å²) in [4.78, 5) is 10.8. The van der Waals surface area contributed by atoms with Gasteiger partial charge in [0.2, 0.25) is 10.0 Å². The maximum Gasteiger partial charge on any atom is 0.345 e. The van der Waals surface area contributed by atoms with E-state index in [0.29, 0.717) is 0 Å². The summed E-state index contributed by atoms with van der Waals surface area (Å²) in [5.74, 6) is -0.841. The molecule has 0 aliphatic heterocycles. The second kappa shape index (κ2) is 6.49. The highest BCUT2D eigenvalue weighted by Gasteiger charge is 2.23. The lowest BCUT2D eigenvalue weighted by molar-refractivity contribution is 0.0702. The van der Waals surface area contributed by atoms with Crippen LogP contribution in [-0.4, -0.2) is 25.5 Å². The standard InChI is InChI=1S/C12H19NO4S2/c1-4-9(5-2)8(3)13-19(16,17)10-6-11(12(14)15)18-7-10/h6-9,13H,4-5H2,1-3H3,(H,14,15). The van der Waals surface area contributed by atoms with Gasteiger partial charge < -0.3 is 5.11 Å². The van der Waals surface area contributed by atoms with E-state index in [9.17, 15) is 13.2 Å². The first-order chi connectivity index (χ1) is 8.81. The van der Waals surface area contributed by atoms with Crippen LogP contribution in [0.25, 0.3) is 0 Å². The molecule has 0 aliphatic rings.